The summed E-state index contributed by atoms with van der Waals surface area (Å²) in [5, 5.41) is 0. The van der Waals surface area contributed by atoms with Crippen molar-refractivity contribution in [2.24, 2.45) is 0 Å². The van der Waals surface area contributed by atoms with Gasteiger partial charge in [-0.25, -0.2) is 0 Å². The SMILES string of the molecule is C=C(C)COCc1cc2c(cc1Br)OCCO2. The Kier molecular flexibility index (Phi) is 4.07. The highest BCUT2D eigenvalue weighted by Gasteiger charge is 2.14. The molecule has 1 heterocycles. The molecule has 1 aromatic carbocycles. The van der Waals surface area contributed by atoms with Gasteiger partial charge in [0.2, 0.25) is 0 Å². The normalized spacial score (nSPS) is 13.5. The Bertz CT molecular complexity index is 429. The number of hydrogen-bond donors (Lipinski definition) is 0. The van der Waals surface area contributed by atoms with Crippen LogP contribution < -0.4 is 9.47 Å². The Morgan fingerprint density at radius 2 is 2.00 bits per heavy atom. The molecule has 0 atom stereocenters. The molecule has 0 aromatic heterocycles. The molecule has 0 radical (unpaired) electrons. The Morgan fingerprint density at radius 3 is 2.65 bits per heavy atom. The largest absolute Gasteiger partial charge is 0.486 e. The quantitative estimate of drug-likeness (QED) is 0.798. The molecule has 92 valence electrons. The summed E-state index contributed by atoms with van der Waals surface area (Å²) in [4.78, 5) is 0. The van der Waals surface area contributed by atoms with Crippen molar-refractivity contribution in [1.29, 1.82) is 0 Å². The molecule has 3 nitrogen and oxygen atoms in total. The average Bonchev–Trinajstić information content (AvgIpc) is 2.29. The van der Waals surface area contributed by atoms with Gasteiger partial charge in [0.25, 0.3) is 0 Å². The molecule has 0 unspecified atom stereocenters. The topological polar surface area (TPSA) is 27.7 Å². The van der Waals surface area contributed by atoms with Crippen molar-refractivity contribution in [3.8, 4) is 11.5 Å². The van der Waals surface area contributed by atoms with Gasteiger partial charge in [0, 0.05) is 4.47 Å². The molecule has 17 heavy (non-hydrogen) atoms. The fourth-order valence-electron chi connectivity index (χ4n) is 1.55. The third-order valence-electron chi connectivity index (χ3n) is 2.32. The van der Waals surface area contributed by atoms with E-state index in [-0.39, 0.29) is 0 Å². The summed E-state index contributed by atoms with van der Waals surface area (Å²) in [5.74, 6) is 1.57. The van der Waals surface area contributed by atoms with E-state index in [0.717, 1.165) is 27.1 Å². The van der Waals surface area contributed by atoms with E-state index in [0.29, 0.717) is 26.4 Å². The lowest BCUT2D eigenvalue weighted by Gasteiger charge is -2.20. The van der Waals surface area contributed by atoms with Crippen LogP contribution in [-0.4, -0.2) is 19.8 Å². The Labute approximate surface area is 109 Å². The highest BCUT2D eigenvalue weighted by Crippen LogP contribution is 2.35. The standard InChI is InChI=1S/C13H15BrO3/c1-9(2)7-15-8-10-5-12-13(6-11(10)14)17-4-3-16-12/h5-6H,1,3-4,7-8H2,2H3. The van der Waals surface area contributed by atoms with Gasteiger partial charge in [-0.05, 0) is 24.6 Å². The molecule has 1 aromatic rings. The molecule has 0 bridgehead atoms. The van der Waals surface area contributed by atoms with Crippen LogP contribution in [0.3, 0.4) is 0 Å². The number of halogens is 1. The summed E-state index contributed by atoms with van der Waals surface area (Å²) in [6.45, 7) is 8.04. The van der Waals surface area contributed by atoms with Crippen LogP contribution in [0.4, 0.5) is 0 Å². The smallest absolute Gasteiger partial charge is 0.162 e. The van der Waals surface area contributed by atoms with Gasteiger partial charge >= 0.3 is 0 Å². The van der Waals surface area contributed by atoms with Crippen LogP contribution in [0.15, 0.2) is 28.8 Å². The highest BCUT2D eigenvalue weighted by molar-refractivity contribution is 9.10. The van der Waals surface area contributed by atoms with E-state index in [2.05, 4.69) is 22.5 Å². The van der Waals surface area contributed by atoms with Gasteiger partial charge in [-0.2, -0.15) is 0 Å². The first-order valence-electron chi connectivity index (χ1n) is 5.47. The molecule has 1 aliphatic rings. The molecular weight excluding hydrogens is 284 g/mol. The fourth-order valence-corrected chi connectivity index (χ4v) is 1.99. The number of ether oxygens (including phenoxy) is 3. The molecule has 0 aliphatic carbocycles. The Hall–Kier alpha value is -1.00. The van der Waals surface area contributed by atoms with Crippen LogP contribution in [0, 0.1) is 0 Å². The van der Waals surface area contributed by atoms with Crippen molar-refractivity contribution in [3.05, 3.63) is 34.3 Å². The van der Waals surface area contributed by atoms with E-state index in [4.69, 9.17) is 14.2 Å². The van der Waals surface area contributed by atoms with E-state index in [1.165, 1.54) is 0 Å². The third-order valence-corrected chi connectivity index (χ3v) is 3.06. The number of benzene rings is 1. The summed E-state index contributed by atoms with van der Waals surface area (Å²) in [5.41, 5.74) is 2.06. The molecule has 0 saturated heterocycles. The summed E-state index contributed by atoms with van der Waals surface area (Å²) in [6, 6.07) is 3.88. The summed E-state index contributed by atoms with van der Waals surface area (Å²) in [6.07, 6.45) is 0. The lowest BCUT2D eigenvalue weighted by Crippen LogP contribution is -2.15. The Balaban J connectivity index is 2.09. The van der Waals surface area contributed by atoms with Gasteiger partial charge in [-0.1, -0.05) is 28.1 Å². The van der Waals surface area contributed by atoms with Crippen LogP contribution in [0.25, 0.3) is 0 Å². The summed E-state index contributed by atoms with van der Waals surface area (Å²) < 4.78 is 17.5. The number of hydrogen-bond acceptors (Lipinski definition) is 3. The van der Waals surface area contributed by atoms with Gasteiger partial charge in [-0.3, -0.25) is 0 Å². The molecule has 1 aliphatic heterocycles. The summed E-state index contributed by atoms with van der Waals surface area (Å²) in [7, 11) is 0. The first-order chi connectivity index (χ1) is 8.16. The molecule has 0 fully saturated rings. The molecule has 2 rings (SSSR count). The molecule has 0 amide bonds. The van der Waals surface area contributed by atoms with Gasteiger partial charge in [-0.15, -0.1) is 0 Å². The van der Waals surface area contributed by atoms with E-state index >= 15 is 0 Å². The highest BCUT2D eigenvalue weighted by atomic mass is 79.9. The van der Waals surface area contributed by atoms with Crippen molar-refractivity contribution >= 4 is 15.9 Å². The van der Waals surface area contributed by atoms with Crippen LogP contribution >= 0.6 is 15.9 Å². The minimum Gasteiger partial charge on any atom is -0.486 e. The van der Waals surface area contributed by atoms with E-state index in [9.17, 15) is 0 Å². The van der Waals surface area contributed by atoms with Crippen molar-refractivity contribution in [1.82, 2.24) is 0 Å². The van der Waals surface area contributed by atoms with Crippen molar-refractivity contribution in [3.63, 3.8) is 0 Å². The van der Waals surface area contributed by atoms with E-state index in [1.54, 1.807) is 0 Å². The first-order valence-corrected chi connectivity index (χ1v) is 6.26. The zero-order valence-electron chi connectivity index (χ0n) is 9.79. The van der Waals surface area contributed by atoms with Crippen LogP contribution in [0.5, 0.6) is 11.5 Å². The van der Waals surface area contributed by atoms with Crippen molar-refractivity contribution in [2.75, 3.05) is 19.8 Å². The Morgan fingerprint density at radius 1 is 1.35 bits per heavy atom. The zero-order valence-corrected chi connectivity index (χ0v) is 11.4. The maximum absolute atomic E-state index is 5.53. The second-order valence-corrected chi connectivity index (χ2v) is 4.89. The molecule has 0 N–H and O–H groups in total. The van der Waals surface area contributed by atoms with E-state index in [1.807, 2.05) is 19.1 Å². The van der Waals surface area contributed by atoms with Crippen molar-refractivity contribution in [2.45, 2.75) is 13.5 Å². The second kappa shape index (κ2) is 5.56. The molecule has 0 spiro atoms. The zero-order chi connectivity index (χ0) is 12.3. The summed E-state index contributed by atoms with van der Waals surface area (Å²) >= 11 is 3.50. The maximum atomic E-state index is 5.53. The average molecular weight is 299 g/mol. The number of rotatable bonds is 4. The lowest BCUT2D eigenvalue weighted by molar-refractivity contribution is 0.140. The van der Waals surface area contributed by atoms with Gasteiger partial charge in [0.1, 0.15) is 13.2 Å². The minimum atomic E-state index is 0.532. The third kappa shape index (κ3) is 3.23. The minimum absolute atomic E-state index is 0.532. The van der Waals surface area contributed by atoms with Crippen LogP contribution in [-0.2, 0) is 11.3 Å². The maximum Gasteiger partial charge on any atom is 0.162 e. The fraction of sp³-hybridized carbons (Fsp3) is 0.385. The monoisotopic (exact) mass is 298 g/mol. The van der Waals surface area contributed by atoms with Crippen LogP contribution in [0.2, 0.25) is 0 Å². The predicted octanol–water partition coefficient (Wildman–Crippen LogP) is 3.31. The van der Waals surface area contributed by atoms with Gasteiger partial charge < -0.3 is 14.2 Å². The second-order valence-electron chi connectivity index (χ2n) is 4.04. The first kappa shape index (κ1) is 12.5. The van der Waals surface area contributed by atoms with Crippen molar-refractivity contribution < 1.29 is 14.2 Å². The molecular formula is C13H15BrO3. The predicted molar refractivity (Wildman–Crippen MR) is 69.6 cm³/mol. The van der Waals surface area contributed by atoms with E-state index < -0.39 is 0 Å². The van der Waals surface area contributed by atoms with Gasteiger partial charge in [0.15, 0.2) is 11.5 Å². The van der Waals surface area contributed by atoms with Crippen LogP contribution in [0.1, 0.15) is 12.5 Å². The number of fused-ring (bicyclic) bond motifs is 1. The lowest BCUT2D eigenvalue weighted by atomic mass is 10.2. The molecule has 0 saturated carbocycles. The van der Waals surface area contributed by atoms with Gasteiger partial charge in [0.05, 0.1) is 13.2 Å². The molecule has 4 heteroatoms.